The summed E-state index contributed by atoms with van der Waals surface area (Å²) in [6.45, 7) is 2.24. The molecule has 1 N–H and O–H groups in total. The van der Waals surface area contributed by atoms with Crippen molar-refractivity contribution in [3.05, 3.63) is 39.9 Å². The SMILES string of the molecule is CC1CCCC(/C=C/c2ccc(Cl)c(Cl)c2)N1. The number of hydrogen-bond donors (Lipinski definition) is 1. The van der Waals surface area contributed by atoms with Crippen molar-refractivity contribution in [2.75, 3.05) is 0 Å². The maximum atomic E-state index is 5.98. The maximum Gasteiger partial charge on any atom is 0.0598 e. The van der Waals surface area contributed by atoms with Crippen LogP contribution in [0.1, 0.15) is 31.7 Å². The van der Waals surface area contributed by atoms with Crippen LogP contribution in [0.25, 0.3) is 6.08 Å². The van der Waals surface area contributed by atoms with Gasteiger partial charge in [-0.3, -0.25) is 0 Å². The molecule has 0 saturated carbocycles. The fraction of sp³-hybridized carbons (Fsp3) is 0.429. The summed E-state index contributed by atoms with van der Waals surface area (Å²) in [5.41, 5.74) is 1.10. The largest absolute Gasteiger partial charge is 0.308 e. The zero-order valence-corrected chi connectivity index (χ0v) is 11.4. The summed E-state index contributed by atoms with van der Waals surface area (Å²) in [6, 6.07) is 6.81. The standard InChI is InChI=1S/C14H17Cl2N/c1-10-3-2-4-12(17-10)7-5-11-6-8-13(15)14(16)9-11/h5-10,12,17H,2-4H2,1H3/b7-5+. The van der Waals surface area contributed by atoms with Crippen molar-refractivity contribution in [2.24, 2.45) is 0 Å². The highest BCUT2D eigenvalue weighted by molar-refractivity contribution is 6.42. The lowest BCUT2D eigenvalue weighted by Gasteiger charge is -2.26. The number of halogens is 2. The number of rotatable bonds is 2. The molecule has 0 amide bonds. The van der Waals surface area contributed by atoms with E-state index in [2.05, 4.69) is 24.4 Å². The van der Waals surface area contributed by atoms with E-state index >= 15 is 0 Å². The van der Waals surface area contributed by atoms with Gasteiger partial charge in [0.15, 0.2) is 0 Å². The zero-order chi connectivity index (χ0) is 12.3. The average molecular weight is 270 g/mol. The van der Waals surface area contributed by atoms with Gasteiger partial charge in [0.05, 0.1) is 10.0 Å². The van der Waals surface area contributed by atoms with Gasteiger partial charge in [-0.05, 0) is 37.5 Å². The number of benzene rings is 1. The predicted molar refractivity (Wildman–Crippen MR) is 75.7 cm³/mol. The normalized spacial score (nSPS) is 25.4. The highest BCUT2D eigenvalue weighted by Gasteiger charge is 2.14. The molecule has 1 heterocycles. The molecule has 0 aromatic heterocycles. The van der Waals surface area contributed by atoms with E-state index in [1.807, 2.05) is 18.2 Å². The minimum absolute atomic E-state index is 0.480. The van der Waals surface area contributed by atoms with Crippen LogP contribution < -0.4 is 5.32 Å². The first kappa shape index (κ1) is 12.9. The first-order valence-electron chi connectivity index (χ1n) is 6.04. The molecule has 0 radical (unpaired) electrons. The van der Waals surface area contributed by atoms with Gasteiger partial charge in [-0.15, -0.1) is 0 Å². The minimum Gasteiger partial charge on any atom is -0.308 e. The Kier molecular flexibility index (Phi) is 4.49. The molecule has 1 nitrogen and oxygen atoms in total. The monoisotopic (exact) mass is 269 g/mol. The molecule has 1 aromatic carbocycles. The molecule has 2 rings (SSSR count). The summed E-state index contributed by atoms with van der Waals surface area (Å²) < 4.78 is 0. The molecule has 1 aliphatic rings. The Morgan fingerprint density at radius 1 is 1.24 bits per heavy atom. The van der Waals surface area contributed by atoms with Crippen molar-refractivity contribution in [3.8, 4) is 0 Å². The Bertz CT molecular complexity index is 415. The topological polar surface area (TPSA) is 12.0 Å². The van der Waals surface area contributed by atoms with Crippen LogP contribution in [0, 0.1) is 0 Å². The third kappa shape index (κ3) is 3.74. The van der Waals surface area contributed by atoms with E-state index in [0.717, 1.165) is 5.56 Å². The van der Waals surface area contributed by atoms with E-state index in [1.165, 1.54) is 19.3 Å². The van der Waals surface area contributed by atoms with Gasteiger partial charge in [-0.1, -0.05) is 47.8 Å². The van der Waals surface area contributed by atoms with Crippen molar-refractivity contribution in [1.29, 1.82) is 0 Å². The smallest absolute Gasteiger partial charge is 0.0598 e. The van der Waals surface area contributed by atoms with Crippen molar-refractivity contribution in [3.63, 3.8) is 0 Å². The fourth-order valence-electron chi connectivity index (χ4n) is 2.17. The molecule has 2 unspecified atom stereocenters. The molecule has 1 aliphatic heterocycles. The molecule has 1 saturated heterocycles. The van der Waals surface area contributed by atoms with Crippen LogP contribution in [-0.2, 0) is 0 Å². The van der Waals surface area contributed by atoms with Crippen LogP contribution in [0.3, 0.4) is 0 Å². The number of nitrogens with one attached hydrogen (secondary N) is 1. The van der Waals surface area contributed by atoms with E-state index in [-0.39, 0.29) is 0 Å². The Morgan fingerprint density at radius 2 is 2.06 bits per heavy atom. The van der Waals surface area contributed by atoms with Crippen molar-refractivity contribution in [2.45, 2.75) is 38.3 Å². The summed E-state index contributed by atoms with van der Waals surface area (Å²) in [7, 11) is 0. The molecular weight excluding hydrogens is 253 g/mol. The molecule has 0 spiro atoms. The molecule has 17 heavy (non-hydrogen) atoms. The van der Waals surface area contributed by atoms with Crippen LogP contribution in [0.4, 0.5) is 0 Å². The average Bonchev–Trinajstić information content (AvgIpc) is 2.31. The van der Waals surface area contributed by atoms with E-state index in [1.54, 1.807) is 0 Å². The number of piperidine rings is 1. The third-order valence-electron chi connectivity index (χ3n) is 3.12. The van der Waals surface area contributed by atoms with Crippen LogP contribution in [0.15, 0.2) is 24.3 Å². The predicted octanol–water partition coefficient (Wildman–Crippen LogP) is 4.54. The van der Waals surface area contributed by atoms with Gasteiger partial charge in [0.1, 0.15) is 0 Å². The van der Waals surface area contributed by atoms with Crippen molar-refractivity contribution >= 4 is 29.3 Å². The zero-order valence-electron chi connectivity index (χ0n) is 9.92. The Morgan fingerprint density at radius 3 is 2.76 bits per heavy atom. The summed E-state index contributed by atoms with van der Waals surface area (Å²) in [4.78, 5) is 0. The first-order chi connectivity index (χ1) is 8.15. The van der Waals surface area contributed by atoms with E-state index in [0.29, 0.717) is 22.1 Å². The molecule has 92 valence electrons. The summed E-state index contributed by atoms with van der Waals surface area (Å²) in [6.07, 6.45) is 8.11. The van der Waals surface area contributed by atoms with E-state index in [4.69, 9.17) is 23.2 Å². The highest BCUT2D eigenvalue weighted by Crippen LogP contribution is 2.23. The molecule has 0 bridgehead atoms. The number of hydrogen-bond acceptors (Lipinski definition) is 1. The fourth-order valence-corrected chi connectivity index (χ4v) is 2.48. The quantitative estimate of drug-likeness (QED) is 0.832. The third-order valence-corrected chi connectivity index (χ3v) is 3.85. The van der Waals surface area contributed by atoms with Gasteiger partial charge in [0, 0.05) is 12.1 Å². The lowest BCUT2D eigenvalue weighted by molar-refractivity contribution is 0.375. The second kappa shape index (κ2) is 5.90. The molecular formula is C14H17Cl2N. The van der Waals surface area contributed by atoms with Crippen molar-refractivity contribution < 1.29 is 0 Å². The van der Waals surface area contributed by atoms with Crippen molar-refractivity contribution in [1.82, 2.24) is 5.32 Å². The lowest BCUT2D eigenvalue weighted by atomic mass is 9.99. The van der Waals surface area contributed by atoms with Gasteiger partial charge in [-0.25, -0.2) is 0 Å². The van der Waals surface area contributed by atoms with Crippen LogP contribution in [0.5, 0.6) is 0 Å². The molecule has 1 aromatic rings. The highest BCUT2D eigenvalue weighted by atomic mass is 35.5. The van der Waals surface area contributed by atoms with Gasteiger partial charge < -0.3 is 5.32 Å². The van der Waals surface area contributed by atoms with Gasteiger partial charge >= 0.3 is 0 Å². The summed E-state index contributed by atoms with van der Waals surface area (Å²) in [5, 5.41) is 4.78. The second-order valence-electron chi connectivity index (χ2n) is 4.64. The van der Waals surface area contributed by atoms with Crippen LogP contribution in [-0.4, -0.2) is 12.1 Å². The van der Waals surface area contributed by atoms with Crippen LogP contribution in [0.2, 0.25) is 10.0 Å². The maximum absolute atomic E-state index is 5.98. The van der Waals surface area contributed by atoms with E-state index < -0.39 is 0 Å². The summed E-state index contributed by atoms with van der Waals surface area (Å²) in [5.74, 6) is 0. The summed E-state index contributed by atoms with van der Waals surface area (Å²) >= 11 is 11.9. The molecule has 0 aliphatic carbocycles. The van der Waals surface area contributed by atoms with Crippen LogP contribution >= 0.6 is 23.2 Å². The first-order valence-corrected chi connectivity index (χ1v) is 6.80. The second-order valence-corrected chi connectivity index (χ2v) is 5.45. The Hall–Kier alpha value is -0.500. The molecule has 3 heteroatoms. The minimum atomic E-state index is 0.480. The molecule has 2 atom stereocenters. The molecule has 1 fully saturated rings. The van der Waals surface area contributed by atoms with E-state index in [9.17, 15) is 0 Å². The Labute approximate surface area is 113 Å². The van der Waals surface area contributed by atoms with Gasteiger partial charge in [0.2, 0.25) is 0 Å². The van der Waals surface area contributed by atoms with Gasteiger partial charge in [0.25, 0.3) is 0 Å². The van der Waals surface area contributed by atoms with Gasteiger partial charge in [-0.2, -0.15) is 0 Å². The lowest BCUT2D eigenvalue weighted by Crippen LogP contribution is -2.39. The Balaban J connectivity index is 2.01.